The van der Waals surface area contributed by atoms with E-state index in [1.165, 1.54) is 103 Å². The van der Waals surface area contributed by atoms with E-state index in [2.05, 4.69) is 135 Å². The number of carbonyl (C=O) groups is 2. The summed E-state index contributed by atoms with van der Waals surface area (Å²) in [6, 6.07) is -0.913. The first kappa shape index (κ1) is 79.4. The highest BCUT2D eigenvalue weighted by Gasteiger charge is 2.27. The minimum atomic E-state index is -4.72. The van der Waals surface area contributed by atoms with Crippen LogP contribution in [0.2, 0.25) is 0 Å². The number of phosphoric acid groups is 1. The van der Waals surface area contributed by atoms with Crippen molar-refractivity contribution in [2.75, 3.05) is 40.9 Å². The summed E-state index contributed by atoms with van der Waals surface area (Å²) < 4.78 is 30.4. The number of hydrogen-bond acceptors (Lipinski definition) is 7. The van der Waals surface area contributed by atoms with Crippen LogP contribution in [0.5, 0.6) is 0 Å². The van der Waals surface area contributed by atoms with Gasteiger partial charge >= 0.3 is 5.97 Å². The summed E-state index contributed by atoms with van der Waals surface area (Å²) in [5.74, 6) is -0.579. The summed E-state index contributed by atoms with van der Waals surface area (Å²) in [5, 5.41) is 3.02. The van der Waals surface area contributed by atoms with Gasteiger partial charge in [0.15, 0.2) is 0 Å². The topological polar surface area (TPSA) is 114 Å². The van der Waals surface area contributed by atoms with Gasteiger partial charge in [0.25, 0.3) is 7.82 Å². The Labute approximate surface area is 512 Å². The Balaban J connectivity index is 5.27. The minimum Gasteiger partial charge on any atom is -0.756 e. The predicted octanol–water partition coefficient (Wildman–Crippen LogP) is 20.8. The second kappa shape index (κ2) is 61.5. The lowest BCUT2D eigenvalue weighted by atomic mass is 10.0. The van der Waals surface area contributed by atoms with E-state index in [0.717, 1.165) is 128 Å². The molecule has 0 heterocycles. The molecule has 0 bridgehead atoms. The number of carbonyl (C=O) groups excluding carboxylic acids is 2. The third-order valence-electron chi connectivity index (χ3n) is 14.4. The number of ether oxygens (including phenoxy) is 1. The number of nitrogens with zero attached hydrogens (tertiary/aromatic N) is 1. The molecule has 3 atom stereocenters. The first-order valence-corrected chi connectivity index (χ1v) is 35.3. The van der Waals surface area contributed by atoms with E-state index < -0.39 is 26.6 Å². The van der Waals surface area contributed by atoms with Crippen LogP contribution in [0.1, 0.15) is 278 Å². The Hall–Kier alpha value is -3.59. The zero-order valence-electron chi connectivity index (χ0n) is 54.4. The lowest BCUT2D eigenvalue weighted by Crippen LogP contribution is -2.47. The van der Waals surface area contributed by atoms with Crippen molar-refractivity contribution in [2.45, 2.75) is 290 Å². The SMILES string of the molecule is CC/C=C\C/C=C\C/C=C\C/C=C\C/C=C\CCCCCCCC(=O)NC(COP(=O)([O-])OCC[N+](C)(C)C)C(/C=C/CCCCCCCCCCCCC)OC(=O)CCCCCCCCC/C=C\C/C=C\C/C=C\C/C=C\CCCCC. The first-order chi connectivity index (χ1) is 40.4. The monoisotopic (exact) mass is 1170 g/mol. The van der Waals surface area contributed by atoms with E-state index >= 15 is 0 Å². The van der Waals surface area contributed by atoms with Crippen molar-refractivity contribution in [3.8, 4) is 0 Å². The van der Waals surface area contributed by atoms with Crippen molar-refractivity contribution in [1.82, 2.24) is 5.32 Å². The van der Waals surface area contributed by atoms with Gasteiger partial charge in [-0.3, -0.25) is 14.2 Å². The molecular formula is C73H127N2O7P. The summed E-state index contributed by atoms with van der Waals surface area (Å²) in [6.45, 7) is 6.68. The van der Waals surface area contributed by atoms with E-state index in [9.17, 15) is 19.0 Å². The van der Waals surface area contributed by atoms with Gasteiger partial charge in [0.1, 0.15) is 19.3 Å². The number of hydrogen-bond donors (Lipinski definition) is 1. The van der Waals surface area contributed by atoms with Gasteiger partial charge in [0.2, 0.25) is 5.91 Å². The van der Waals surface area contributed by atoms with Gasteiger partial charge in [-0.15, -0.1) is 0 Å². The molecule has 0 aliphatic heterocycles. The molecule has 0 saturated heterocycles. The third kappa shape index (κ3) is 62.8. The average Bonchev–Trinajstić information content (AvgIpc) is 3.46. The lowest BCUT2D eigenvalue weighted by Gasteiger charge is -2.30. The van der Waals surface area contributed by atoms with Gasteiger partial charge < -0.3 is 28.5 Å². The molecule has 0 aromatic rings. The number of phosphoric ester groups is 1. The van der Waals surface area contributed by atoms with E-state index in [1.807, 2.05) is 33.3 Å². The molecule has 9 nitrogen and oxygen atoms in total. The van der Waals surface area contributed by atoms with E-state index in [1.54, 1.807) is 0 Å². The van der Waals surface area contributed by atoms with Crippen molar-refractivity contribution < 1.29 is 37.3 Å². The number of allylic oxidation sites excluding steroid dienone is 19. The molecule has 0 radical (unpaired) electrons. The number of amides is 1. The van der Waals surface area contributed by atoms with Gasteiger partial charge in [0.05, 0.1) is 33.8 Å². The molecule has 0 saturated carbocycles. The second-order valence-corrected chi connectivity index (χ2v) is 25.0. The van der Waals surface area contributed by atoms with Crippen LogP contribution in [0, 0.1) is 0 Å². The summed E-state index contributed by atoms with van der Waals surface area (Å²) in [6.07, 6.45) is 85.9. The number of rotatable bonds is 60. The molecule has 0 fully saturated rings. The highest BCUT2D eigenvalue weighted by atomic mass is 31.2. The molecule has 10 heteroatoms. The maximum Gasteiger partial charge on any atom is 0.306 e. The third-order valence-corrected chi connectivity index (χ3v) is 15.3. The Kier molecular flexibility index (Phi) is 58.8. The van der Waals surface area contributed by atoms with Gasteiger partial charge in [-0.1, -0.05) is 265 Å². The van der Waals surface area contributed by atoms with Crippen molar-refractivity contribution in [2.24, 2.45) is 0 Å². The zero-order valence-corrected chi connectivity index (χ0v) is 55.3. The van der Waals surface area contributed by atoms with Crippen LogP contribution in [0.3, 0.4) is 0 Å². The smallest absolute Gasteiger partial charge is 0.306 e. The van der Waals surface area contributed by atoms with Gasteiger partial charge in [-0.05, 0) is 122 Å². The standard InChI is InChI=1S/C73H127N2O7P/c1-7-10-13-16-19-22-25-28-30-32-34-36-37-39-41-43-45-48-51-54-57-60-63-66-73(77)82-71(64-61-58-55-52-49-46-27-24-21-18-15-12-9-3)70(69-81-83(78,79)80-68-67-75(4,5)6)74-72(76)65-62-59-56-53-50-47-44-42-40-38-35-33-31-29-26-23-20-17-14-11-8-2/h11,14,19-20,22-23,28-31,34-36,38-39,41-42,44,61,64,70-71H,7-10,12-13,15-18,21,24-27,32-33,37,40,43,45-60,62-63,65-69H2,1-6H3,(H-,74,76,78,79)/b14-11-,22-19-,23-20-,30-28-,31-29-,36-34-,38-35-,41-39-,44-42-,64-61+. The highest BCUT2D eigenvalue weighted by molar-refractivity contribution is 7.45. The molecule has 0 spiro atoms. The quantitative estimate of drug-likeness (QED) is 0.0212. The van der Waals surface area contributed by atoms with E-state index in [-0.39, 0.29) is 31.3 Å². The van der Waals surface area contributed by atoms with Crippen molar-refractivity contribution in [3.05, 3.63) is 122 Å². The Morgan fingerprint density at radius 1 is 0.434 bits per heavy atom. The Morgan fingerprint density at radius 2 is 0.771 bits per heavy atom. The Morgan fingerprint density at radius 3 is 1.18 bits per heavy atom. The van der Waals surface area contributed by atoms with Crippen molar-refractivity contribution >= 4 is 19.7 Å². The molecule has 83 heavy (non-hydrogen) atoms. The van der Waals surface area contributed by atoms with Crippen molar-refractivity contribution in [1.29, 1.82) is 0 Å². The first-order valence-electron chi connectivity index (χ1n) is 33.8. The molecular weight excluding hydrogens is 1050 g/mol. The normalized spacial score (nSPS) is 14.3. The maximum absolute atomic E-state index is 13.6. The molecule has 1 N–H and O–H groups in total. The molecule has 0 aliphatic carbocycles. The van der Waals surface area contributed by atoms with Gasteiger partial charge in [0, 0.05) is 12.8 Å². The fraction of sp³-hybridized carbons (Fsp3) is 0.699. The van der Waals surface area contributed by atoms with Crippen LogP contribution in [0.4, 0.5) is 0 Å². The molecule has 0 aromatic carbocycles. The number of unbranched alkanes of at least 4 members (excludes halogenated alkanes) is 26. The molecule has 3 unspecified atom stereocenters. The lowest BCUT2D eigenvalue weighted by molar-refractivity contribution is -0.870. The van der Waals surface area contributed by atoms with Crippen LogP contribution >= 0.6 is 7.82 Å². The van der Waals surface area contributed by atoms with Crippen molar-refractivity contribution in [3.63, 3.8) is 0 Å². The van der Waals surface area contributed by atoms with Crippen LogP contribution in [-0.4, -0.2) is 69.4 Å². The van der Waals surface area contributed by atoms with Crippen LogP contribution in [0.25, 0.3) is 0 Å². The average molecular weight is 1180 g/mol. The zero-order chi connectivity index (χ0) is 60.7. The van der Waals surface area contributed by atoms with Crippen LogP contribution < -0.4 is 10.2 Å². The summed E-state index contributed by atoms with van der Waals surface area (Å²) in [5.41, 5.74) is 0. The van der Waals surface area contributed by atoms with Gasteiger partial charge in [-0.2, -0.15) is 0 Å². The highest BCUT2D eigenvalue weighted by Crippen LogP contribution is 2.38. The molecule has 476 valence electrons. The van der Waals surface area contributed by atoms with Crippen LogP contribution in [-0.2, 0) is 27.9 Å². The van der Waals surface area contributed by atoms with Crippen LogP contribution in [0.15, 0.2) is 122 Å². The molecule has 0 rings (SSSR count). The molecule has 0 aliphatic rings. The predicted molar refractivity (Wildman–Crippen MR) is 357 cm³/mol. The summed E-state index contributed by atoms with van der Waals surface area (Å²) in [4.78, 5) is 40.2. The fourth-order valence-corrected chi connectivity index (χ4v) is 9.90. The number of quaternary nitrogens is 1. The van der Waals surface area contributed by atoms with E-state index in [0.29, 0.717) is 23.9 Å². The molecule has 1 amide bonds. The van der Waals surface area contributed by atoms with E-state index in [4.69, 9.17) is 13.8 Å². The maximum atomic E-state index is 13.6. The van der Waals surface area contributed by atoms with Gasteiger partial charge in [-0.25, -0.2) is 0 Å². The Bertz CT molecular complexity index is 1830. The minimum absolute atomic E-state index is 0.0347. The summed E-state index contributed by atoms with van der Waals surface area (Å²) in [7, 11) is 1.15. The fourth-order valence-electron chi connectivity index (χ4n) is 9.18. The second-order valence-electron chi connectivity index (χ2n) is 23.6. The number of likely N-dealkylation sites (N-methyl/N-ethyl adjacent to an activating group) is 1. The molecule has 0 aromatic heterocycles. The largest absolute Gasteiger partial charge is 0.756 e. The summed E-state index contributed by atoms with van der Waals surface area (Å²) >= 11 is 0. The number of nitrogens with one attached hydrogen (secondary N) is 1. The number of esters is 1.